The number of aromatic nitrogens is 1. The summed E-state index contributed by atoms with van der Waals surface area (Å²) >= 11 is 1.54. The maximum atomic E-state index is 12.2. The van der Waals surface area contributed by atoms with E-state index in [-0.39, 0.29) is 11.9 Å². The van der Waals surface area contributed by atoms with Gasteiger partial charge in [-0.3, -0.25) is 14.7 Å². The van der Waals surface area contributed by atoms with Crippen LogP contribution >= 0.6 is 11.8 Å². The second-order valence-electron chi connectivity index (χ2n) is 6.68. The molecule has 0 bridgehead atoms. The van der Waals surface area contributed by atoms with Crippen LogP contribution in [0.2, 0.25) is 0 Å². The summed E-state index contributed by atoms with van der Waals surface area (Å²) in [6.07, 6.45) is 3.81. The van der Waals surface area contributed by atoms with E-state index in [4.69, 9.17) is 0 Å². The lowest BCUT2D eigenvalue weighted by Crippen LogP contribution is -2.54. The fourth-order valence-corrected chi connectivity index (χ4v) is 4.01. The van der Waals surface area contributed by atoms with Crippen LogP contribution in [0.25, 0.3) is 0 Å². The standard InChI is InChI=1S/C20H25N3O2S/c1-15-5-2-3-7-19(15)26-14-20(25)22-17-8-10-23(13-18(17)24)12-16-6-4-9-21-11-16/h2-7,9,11,17-18,24H,8,10,12-14H2,1H3,(H,22,25)/t17-,18-/m1/s1. The molecule has 0 aliphatic carbocycles. The van der Waals surface area contributed by atoms with E-state index >= 15 is 0 Å². The summed E-state index contributed by atoms with van der Waals surface area (Å²) in [6.45, 7) is 4.23. The van der Waals surface area contributed by atoms with Crippen molar-refractivity contribution in [1.29, 1.82) is 0 Å². The number of hydrogen-bond donors (Lipinski definition) is 2. The number of thioether (sulfide) groups is 1. The van der Waals surface area contributed by atoms with Gasteiger partial charge in [-0.15, -0.1) is 11.8 Å². The molecule has 1 saturated heterocycles. The Kier molecular flexibility index (Phi) is 6.66. The first kappa shape index (κ1) is 18.9. The molecule has 1 aliphatic heterocycles. The highest BCUT2D eigenvalue weighted by molar-refractivity contribution is 8.00. The highest BCUT2D eigenvalue weighted by Gasteiger charge is 2.28. The lowest BCUT2D eigenvalue weighted by molar-refractivity contribution is -0.120. The molecule has 5 nitrogen and oxygen atoms in total. The van der Waals surface area contributed by atoms with Gasteiger partial charge in [-0.25, -0.2) is 0 Å². The molecule has 0 saturated carbocycles. The molecule has 1 aliphatic rings. The first-order valence-corrected chi connectivity index (χ1v) is 9.87. The molecule has 2 atom stereocenters. The number of nitrogens with one attached hydrogen (secondary N) is 1. The highest BCUT2D eigenvalue weighted by Crippen LogP contribution is 2.21. The van der Waals surface area contributed by atoms with Crippen LogP contribution in [0.4, 0.5) is 0 Å². The van der Waals surface area contributed by atoms with Gasteiger partial charge < -0.3 is 10.4 Å². The lowest BCUT2D eigenvalue weighted by Gasteiger charge is -2.36. The van der Waals surface area contributed by atoms with Crippen molar-refractivity contribution in [1.82, 2.24) is 15.2 Å². The quantitative estimate of drug-likeness (QED) is 0.763. The third kappa shape index (κ3) is 5.30. The van der Waals surface area contributed by atoms with Gasteiger partial charge in [-0.1, -0.05) is 24.3 Å². The van der Waals surface area contributed by atoms with E-state index in [9.17, 15) is 9.90 Å². The summed E-state index contributed by atoms with van der Waals surface area (Å²) in [4.78, 5) is 19.7. The van der Waals surface area contributed by atoms with E-state index in [1.165, 1.54) is 17.3 Å². The van der Waals surface area contributed by atoms with E-state index in [0.29, 0.717) is 12.3 Å². The van der Waals surface area contributed by atoms with Crippen molar-refractivity contribution >= 4 is 17.7 Å². The molecule has 1 amide bonds. The number of hydrogen-bond acceptors (Lipinski definition) is 5. The van der Waals surface area contributed by atoms with Gasteiger partial charge in [0.05, 0.1) is 17.9 Å². The van der Waals surface area contributed by atoms with Gasteiger partial charge in [0.1, 0.15) is 0 Å². The van der Waals surface area contributed by atoms with E-state index in [1.807, 2.05) is 49.5 Å². The average Bonchev–Trinajstić information content (AvgIpc) is 2.64. The molecule has 26 heavy (non-hydrogen) atoms. The third-order valence-corrected chi connectivity index (χ3v) is 5.77. The van der Waals surface area contributed by atoms with Gasteiger partial charge in [0, 0.05) is 36.9 Å². The number of piperidine rings is 1. The minimum atomic E-state index is -0.548. The predicted octanol–water partition coefficient (Wildman–Crippen LogP) is 2.23. The van der Waals surface area contributed by atoms with Crippen LogP contribution in [0.15, 0.2) is 53.7 Å². The van der Waals surface area contributed by atoms with Crippen LogP contribution in [0.1, 0.15) is 17.5 Å². The Morgan fingerprint density at radius 1 is 1.35 bits per heavy atom. The maximum absolute atomic E-state index is 12.2. The minimum absolute atomic E-state index is 0.0250. The van der Waals surface area contributed by atoms with Gasteiger partial charge in [-0.2, -0.15) is 0 Å². The first-order chi connectivity index (χ1) is 12.6. The van der Waals surface area contributed by atoms with E-state index in [0.717, 1.165) is 30.0 Å². The molecule has 2 heterocycles. The Morgan fingerprint density at radius 2 is 2.19 bits per heavy atom. The Hall–Kier alpha value is -1.89. The summed E-state index contributed by atoms with van der Waals surface area (Å²) in [5.74, 6) is 0.344. The van der Waals surface area contributed by atoms with Gasteiger partial charge in [0.25, 0.3) is 0 Å². The number of β-amino-alcohol motifs (C(OH)–C–C–N with tert-alkyl or cyclic N) is 1. The summed E-state index contributed by atoms with van der Waals surface area (Å²) in [7, 11) is 0. The molecule has 2 N–H and O–H groups in total. The van der Waals surface area contributed by atoms with Crippen LogP contribution in [0.3, 0.4) is 0 Å². The van der Waals surface area contributed by atoms with E-state index in [1.54, 1.807) is 6.20 Å². The SMILES string of the molecule is Cc1ccccc1SCC(=O)N[C@@H]1CCN(Cc2cccnc2)C[C@H]1O. The fraction of sp³-hybridized carbons (Fsp3) is 0.400. The number of aryl methyl sites for hydroxylation is 1. The number of pyridine rings is 1. The lowest BCUT2D eigenvalue weighted by atomic mass is 10.0. The number of nitrogens with zero attached hydrogens (tertiary/aromatic N) is 2. The van der Waals surface area contributed by atoms with Gasteiger partial charge in [0.2, 0.25) is 5.91 Å². The molecule has 2 aromatic rings. The monoisotopic (exact) mass is 371 g/mol. The second-order valence-corrected chi connectivity index (χ2v) is 7.70. The van der Waals surface area contributed by atoms with Gasteiger partial charge in [-0.05, 0) is 36.6 Å². The first-order valence-electron chi connectivity index (χ1n) is 8.89. The zero-order chi connectivity index (χ0) is 18.4. The summed E-state index contributed by atoms with van der Waals surface area (Å²) in [6, 6.07) is 11.8. The summed E-state index contributed by atoms with van der Waals surface area (Å²) in [5.41, 5.74) is 2.31. The van der Waals surface area contributed by atoms with Crippen LogP contribution in [0, 0.1) is 6.92 Å². The Bertz CT molecular complexity index is 726. The van der Waals surface area contributed by atoms with E-state index in [2.05, 4.69) is 15.2 Å². The molecule has 1 fully saturated rings. The van der Waals surface area contributed by atoms with Gasteiger partial charge >= 0.3 is 0 Å². The molecule has 0 spiro atoms. The second kappa shape index (κ2) is 9.16. The van der Waals surface area contributed by atoms with Crippen LogP contribution < -0.4 is 5.32 Å². The molecular formula is C20H25N3O2S. The average molecular weight is 372 g/mol. The summed E-state index contributed by atoms with van der Waals surface area (Å²) in [5, 5.41) is 13.4. The number of carbonyl (C=O) groups excluding carboxylic acids is 1. The molecule has 1 aromatic heterocycles. The van der Waals surface area contributed by atoms with Crippen molar-refractivity contribution < 1.29 is 9.90 Å². The number of aliphatic hydroxyl groups is 1. The molecular weight excluding hydrogens is 346 g/mol. The zero-order valence-corrected chi connectivity index (χ0v) is 15.8. The number of carbonyl (C=O) groups is 1. The largest absolute Gasteiger partial charge is 0.390 e. The highest BCUT2D eigenvalue weighted by atomic mass is 32.2. The molecule has 6 heteroatoms. The topological polar surface area (TPSA) is 65.5 Å². The van der Waals surface area contributed by atoms with Crippen molar-refractivity contribution in [2.24, 2.45) is 0 Å². The maximum Gasteiger partial charge on any atom is 0.230 e. The number of likely N-dealkylation sites (tertiary alicyclic amines) is 1. The number of aliphatic hydroxyl groups excluding tert-OH is 1. The number of rotatable bonds is 6. The molecule has 0 radical (unpaired) electrons. The Balaban J connectivity index is 1.44. The van der Waals surface area contributed by atoms with E-state index < -0.39 is 6.10 Å². The fourth-order valence-electron chi connectivity index (χ4n) is 3.17. The Morgan fingerprint density at radius 3 is 2.92 bits per heavy atom. The van der Waals surface area contributed by atoms with Crippen molar-refractivity contribution in [3.05, 3.63) is 59.9 Å². The summed E-state index contributed by atoms with van der Waals surface area (Å²) < 4.78 is 0. The molecule has 1 aromatic carbocycles. The Labute approximate surface area is 158 Å². The minimum Gasteiger partial charge on any atom is -0.390 e. The predicted molar refractivity (Wildman–Crippen MR) is 104 cm³/mol. The number of benzene rings is 1. The molecule has 138 valence electrons. The van der Waals surface area contributed by atoms with Gasteiger partial charge in [0.15, 0.2) is 0 Å². The molecule has 3 rings (SSSR count). The zero-order valence-electron chi connectivity index (χ0n) is 15.0. The molecule has 0 unspecified atom stereocenters. The van der Waals surface area contributed by atoms with Crippen LogP contribution in [-0.4, -0.2) is 51.9 Å². The normalized spacial score (nSPS) is 20.7. The van der Waals surface area contributed by atoms with Crippen molar-refractivity contribution in [3.63, 3.8) is 0 Å². The van der Waals surface area contributed by atoms with Crippen molar-refractivity contribution in [2.75, 3.05) is 18.8 Å². The number of amides is 1. The van der Waals surface area contributed by atoms with Crippen molar-refractivity contribution in [2.45, 2.75) is 36.9 Å². The van der Waals surface area contributed by atoms with Crippen LogP contribution in [0.5, 0.6) is 0 Å². The van der Waals surface area contributed by atoms with Crippen LogP contribution in [-0.2, 0) is 11.3 Å². The van der Waals surface area contributed by atoms with Crippen molar-refractivity contribution in [3.8, 4) is 0 Å². The smallest absolute Gasteiger partial charge is 0.230 e. The third-order valence-electron chi connectivity index (χ3n) is 4.59.